The van der Waals surface area contributed by atoms with E-state index in [-0.39, 0.29) is 5.69 Å². The lowest BCUT2D eigenvalue weighted by Gasteiger charge is -2.12. The van der Waals surface area contributed by atoms with Crippen LogP contribution in [0.5, 0.6) is 0 Å². The van der Waals surface area contributed by atoms with Crippen molar-refractivity contribution >= 4 is 11.4 Å². The quantitative estimate of drug-likeness (QED) is 0.823. The molecule has 3 nitrogen and oxygen atoms in total. The number of hydrogen-bond donors (Lipinski definition) is 1. The standard InChI is InChI=1S/C15H15FN2O/c1-10-4-3-5-11(2)13(10)9-17-15-8-12(16)6-7-14(15)18-19/h3-8,17H,9H2,1-2H3. The van der Waals surface area contributed by atoms with E-state index in [2.05, 4.69) is 10.5 Å². The highest BCUT2D eigenvalue weighted by Crippen LogP contribution is 2.26. The average molecular weight is 258 g/mol. The Labute approximate surface area is 111 Å². The van der Waals surface area contributed by atoms with Gasteiger partial charge < -0.3 is 5.32 Å². The molecule has 2 aromatic rings. The van der Waals surface area contributed by atoms with E-state index in [1.54, 1.807) is 0 Å². The molecule has 0 unspecified atom stereocenters. The van der Waals surface area contributed by atoms with Gasteiger partial charge in [0.2, 0.25) is 0 Å². The minimum atomic E-state index is -0.392. The predicted octanol–water partition coefficient (Wildman–Crippen LogP) is 4.45. The monoisotopic (exact) mass is 258 g/mol. The molecule has 0 aliphatic carbocycles. The highest BCUT2D eigenvalue weighted by molar-refractivity contribution is 5.65. The third kappa shape index (κ3) is 2.96. The van der Waals surface area contributed by atoms with Gasteiger partial charge in [0.05, 0.1) is 5.69 Å². The van der Waals surface area contributed by atoms with E-state index >= 15 is 0 Å². The number of rotatable bonds is 4. The molecule has 0 atom stereocenters. The summed E-state index contributed by atoms with van der Waals surface area (Å²) < 4.78 is 13.2. The lowest BCUT2D eigenvalue weighted by molar-refractivity contribution is 0.628. The maximum absolute atomic E-state index is 13.2. The highest BCUT2D eigenvalue weighted by atomic mass is 19.1. The Kier molecular flexibility index (Phi) is 3.90. The van der Waals surface area contributed by atoms with Gasteiger partial charge in [0.15, 0.2) is 0 Å². The molecule has 0 heterocycles. The van der Waals surface area contributed by atoms with Gasteiger partial charge in [-0.2, -0.15) is 0 Å². The van der Waals surface area contributed by atoms with E-state index in [4.69, 9.17) is 0 Å². The van der Waals surface area contributed by atoms with Crippen molar-refractivity contribution in [3.05, 3.63) is 63.8 Å². The second-order valence-electron chi connectivity index (χ2n) is 4.48. The van der Waals surface area contributed by atoms with E-state index in [1.165, 1.54) is 18.2 Å². The zero-order chi connectivity index (χ0) is 13.8. The minimum Gasteiger partial charge on any atom is -0.379 e. The van der Waals surface area contributed by atoms with E-state index < -0.39 is 5.82 Å². The molecule has 0 saturated heterocycles. The molecule has 4 heteroatoms. The normalized spacial score (nSPS) is 10.3. The first-order chi connectivity index (χ1) is 9.11. The minimum absolute atomic E-state index is 0.215. The summed E-state index contributed by atoms with van der Waals surface area (Å²) in [6, 6.07) is 9.92. The Morgan fingerprint density at radius 2 is 1.84 bits per heavy atom. The summed E-state index contributed by atoms with van der Waals surface area (Å²) in [5.74, 6) is -0.392. The van der Waals surface area contributed by atoms with Crippen molar-refractivity contribution in [2.75, 3.05) is 5.32 Å². The van der Waals surface area contributed by atoms with Gasteiger partial charge in [-0.15, -0.1) is 4.91 Å². The van der Waals surface area contributed by atoms with Gasteiger partial charge in [-0.1, -0.05) is 18.2 Å². The van der Waals surface area contributed by atoms with Gasteiger partial charge in [0.25, 0.3) is 0 Å². The zero-order valence-corrected chi connectivity index (χ0v) is 10.9. The summed E-state index contributed by atoms with van der Waals surface area (Å²) in [5.41, 5.74) is 4.09. The van der Waals surface area contributed by atoms with Gasteiger partial charge in [-0.05, 0) is 53.9 Å². The third-order valence-corrected chi connectivity index (χ3v) is 3.16. The van der Waals surface area contributed by atoms with E-state index in [0.717, 1.165) is 16.7 Å². The Bertz CT molecular complexity index is 591. The first-order valence-corrected chi connectivity index (χ1v) is 6.03. The molecule has 0 radical (unpaired) electrons. The van der Waals surface area contributed by atoms with Gasteiger partial charge in [-0.25, -0.2) is 4.39 Å². The van der Waals surface area contributed by atoms with Gasteiger partial charge in [0.1, 0.15) is 11.5 Å². The fourth-order valence-electron chi connectivity index (χ4n) is 2.04. The molecule has 19 heavy (non-hydrogen) atoms. The van der Waals surface area contributed by atoms with Crippen LogP contribution in [0.2, 0.25) is 0 Å². The zero-order valence-electron chi connectivity index (χ0n) is 10.9. The molecule has 98 valence electrons. The van der Waals surface area contributed by atoms with Crippen molar-refractivity contribution in [3.8, 4) is 0 Å². The van der Waals surface area contributed by atoms with E-state index in [1.807, 2.05) is 32.0 Å². The molecule has 2 rings (SSSR count). The number of nitroso groups, excluding NO2 is 1. The molecule has 0 spiro atoms. The van der Waals surface area contributed by atoms with Crippen molar-refractivity contribution in [3.63, 3.8) is 0 Å². The Hall–Kier alpha value is -2.23. The van der Waals surface area contributed by atoms with Crippen LogP contribution in [0.1, 0.15) is 16.7 Å². The van der Waals surface area contributed by atoms with Crippen LogP contribution in [0.4, 0.5) is 15.8 Å². The molecule has 0 aliphatic heterocycles. The van der Waals surface area contributed by atoms with Crippen LogP contribution in [0, 0.1) is 24.6 Å². The van der Waals surface area contributed by atoms with Crippen LogP contribution in [0.15, 0.2) is 41.6 Å². The number of anilines is 1. The van der Waals surface area contributed by atoms with Gasteiger partial charge in [-0.3, -0.25) is 0 Å². The number of halogens is 1. The van der Waals surface area contributed by atoms with Crippen LogP contribution >= 0.6 is 0 Å². The maximum Gasteiger partial charge on any atom is 0.131 e. The first kappa shape index (κ1) is 13.2. The first-order valence-electron chi connectivity index (χ1n) is 6.03. The Morgan fingerprint density at radius 1 is 1.16 bits per heavy atom. The molecule has 0 aromatic heterocycles. The van der Waals surface area contributed by atoms with E-state index in [9.17, 15) is 9.30 Å². The van der Waals surface area contributed by atoms with Crippen molar-refractivity contribution in [1.82, 2.24) is 0 Å². The summed E-state index contributed by atoms with van der Waals surface area (Å²) >= 11 is 0. The lowest BCUT2D eigenvalue weighted by atomic mass is 10.0. The summed E-state index contributed by atoms with van der Waals surface area (Å²) in [7, 11) is 0. The van der Waals surface area contributed by atoms with Gasteiger partial charge >= 0.3 is 0 Å². The smallest absolute Gasteiger partial charge is 0.131 e. The van der Waals surface area contributed by atoms with Crippen LogP contribution < -0.4 is 5.32 Å². The largest absolute Gasteiger partial charge is 0.379 e. The summed E-state index contributed by atoms with van der Waals surface area (Å²) in [4.78, 5) is 10.7. The van der Waals surface area contributed by atoms with Crippen molar-refractivity contribution < 1.29 is 4.39 Å². The third-order valence-electron chi connectivity index (χ3n) is 3.16. The van der Waals surface area contributed by atoms with Crippen LogP contribution in [0.25, 0.3) is 0 Å². The topological polar surface area (TPSA) is 41.5 Å². The fraction of sp³-hybridized carbons (Fsp3) is 0.200. The predicted molar refractivity (Wildman–Crippen MR) is 75.1 cm³/mol. The molecule has 1 N–H and O–H groups in total. The fourth-order valence-corrected chi connectivity index (χ4v) is 2.04. The second kappa shape index (κ2) is 5.61. The number of hydrogen-bond acceptors (Lipinski definition) is 3. The molecule has 0 bridgehead atoms. The molecular formula is C15H15FN2O. The summed E-state index contributed by atoms with van der Waals surface area (Å²) in [6.07, 6.45) is 0. The van der Waals surface area contributed by atoms with Gasteiger partial charge in [0, 0.05) is 6.54 Å². The molecule has 0 saturated carbocycles. The van der Waals surface area contributed by atoms with Crippen LogP contribution in [-0.4, -0.2) is 0 Å². The van der Waals surface area contributed by atoms with Crippen molar-refractivity contribution in [2.45, 2.75) is 20.4 Å². The van der Waals surface area contributed by atoms with Crippen LogP contribution in [0.3, 0.4) is 0 Å². The molecule has 0 fully saturated rings. The lowest BCUT2D eigenvalue weighted by Crippen LogP contribution is -2.03. The Balaban J connectivity index is 2.23. The van der Waals surface area contributed by atoms with E-state index in [0.29, 0.717) is 12.2 Å². The summed E-state index contributed by atoms with van der Waals surface area (Å²) in [6.45, 7) is 4.58. The van der Waals surface area contributed by atoms with Crippen molar-refractivity contribution in [1.29, 1.82) is 0 Å². The highest BCUT2D eigenvalue weighted by Gasteiger charge is 2.06. The molecule has 0 amide bonds. The number of aryl methyl sites for hydroxylation is 2. The maximum atomic E-state index is 13.2. The SMILES string of the molecule is Cc1cccc(C)c1CNc1cc(F)ccc1N=O. The average Bonchev–Trinajstić information content (AvgIpc) is 2.38. The number of nitrogens with zero attached hydrogens (tertiary/aromatic N) is 1. The number of benzene rings is 2. The van der Waals surface area contributed by atoms with Crippen LogP contribution in [-0.2, 0) is 6.54 Å². The number of nitrogens with one attached hydrogen (secondary N) is 1. The molecular weight excluding hydrogens is 243 g/mol. The summed E-state index contributed by atoms with van der Waals surface area (Å²) in [5, 5.41) is 5.96. The molecule has 0 aliphatic rings. The second-order valence-corrected chi connectivity index (χ2v) is 4.48. The Morgan fingerprint density at radius 3 is 2.47 bits per heavy atom. The van der Waals surface area contributed by atoms with Crippen molar-refractivity contribution in [2.24, 2.45) is 5.18 Å². The molecule has 2 aromatic carbocycles.